The van der Waals surface area contributed by atoms with Crippen molar-refractivity contribution in [1.82, 2.24) is 0 Å². The standard InChI is InChI=1S/C32H48N2.Ni/c1-7-9-11-13-14-16-18-32(34-30-23-27(5)20-28(6)24-30)31(17-15-12-10-8-2)33-29-21-25(3)19-26(4)22-29;/h19-24H,7-18H2,1-6H3;/b33-31+,34-32+;. The SMILES string of the molecule is CCCCCCCCC(=N\c1cc(C)cc(C)c1)/C(CCCCCC)=N/c1cc(C)cc(C)c1.[Ni]. The minimum absolute atomic E-state index is 0. The molecule has 2 rings (SSSR count). The van der Waals surface area contributed by atoms with Crippen LogP contribution in [0.15, 0.2) is 46.4 Å². The van der Waals surface area contributed by atoms with Crippen LogP contribution in [0, 0.1) is 27.7 Å². The van der Waals surface area contributed by atoms with Crippen LogP contribution in [0.2, 0.25) is 0 Å². The molecule has 0 aliphatic heterocycles. The molecule has 0 aliphatic carbocycles. The van der Waals surface area contributed by atoms with E-state index in [1.807, 2.05) is 0 Å². The fraction of sp³-hybridized carbons (Fsp3) is 0.562. The molecule has 0 N–H and O–H groups in total. The van der Waals surface area contributed by atoms with Crippen molar-refractivity contribution in [2.24, 2.45) is 9.98 Å². The van der Waals surface area contributed by atoms with Crippen molar-refractivity contribution in [3.8, 4) is 0 Å². The largest absolute Gasteiger partial charge is 0.252 e. The first kappa shape index (κ1) is 31.3. The first-order valence-corrected chi connectivity index (χ1v) is 13.7. The average Bonchev–Trinajstić information content (AvgIpc) is 2.76. The van der Waals surface area contributed by atoms with Gasteiger partial charge in [0.15, 0.2) is 0 Å². The summed E-state index contributed by atoms with van der Waals surface area (Å²) in [4.78, 5) is 10.5. The summed E-state index contributed by atoms with van der Waals surface area (Å²) in [6.45, 7) is 13.2. The Balaban J connectivity index is 0.00000612. The number of unbranched alkanes of at least 4 members (excludes halogenated alkanes) is 8. The molecule has 0 bridgehead atoms. The Morgan fingerprint density at radius 1 is 0.486 bits per heavy atom. The van der Waals surface area contributed by atoms with Crippen LogP contribution in [0.5, 0.6) is 0 Å². The van der Waals surface area contributed by atoms with E-state index in [9.17, 15) is 0 Å². The molecule has 0 spiro atoms. The van der Waals surface area contributed by atoms with Crippen LogP contribution in [0.4, 0.5) is 11.4 Å². The Morgan fingerprint density at radius 2 is 0.800 bits per heavy atom. The minimum atomic E-state index is 0. The zero-order valence-corrected chi connectivity index (χ0v) is 24.1. The van der Waals surface area contributed by atoms with Crippen molar-refractivity contribution in [3.05, 3.63) is 58.7 Å². The van der Waals surface area contributed by atoms with E-state index in [2.05, 4.69) is 77.9 Å². The first-order chi connectivity index (χ1) is 16.4. The molecule has 3 heteroatoms. The number of rotatable bonds is 15. The van der Waals surface area contributed by atoms with Crippen LogP contribution >= 0.6 is 0 Å². The Kier molecular flexibility index (Phi) is 15.8. The maximum absolute atomic E-state index is 5.24. The van der Waals surface area contributed by atoms with Gasteiger partial charge in [0, 0.05) is 16.5 Å². The third kappa shape index (κ3) is 12.7. The molecule has 2 aromatic rings. The molecule has 2 nitrogen and oxygen atoms in total. The topological polar surface area (TPSA) is 24.7 Å². The summed E-state index contributed by atoms with van der Waals surface area (Å²) in [5.74, 6) is 0. The molecule has 2 aromatic carbocycles. The van der Waals surface area contributed by atoms with Crippen molar-refractivity contribution in [1.29, 1.82) is 0 Å². The van der Waals surface area contributed by atoms with Gasteiger partial charge in [0.25, 0.3) is 0 Å². The number of aliphatic imine (C=N–C) groups is 2. The predicted octanol–water partition coefficient (Wildman–Crippen LogP) is 10.5. The van der Waals surface area contributed by atoms with Gasteiger partial charge in [0.05, 0.1) is 22.8 Å². The molecule has 0 heterocycles. The van der Waals surface area contributed by atoms with E-state index in [1.54, 1.807) is 0 Å². The molecule has 0 atom stereocenters. The summed E-state index contributed by atoms with van der Waals surface area (Å²) in [5.41, 5.74) is 9.60. The van der Waals surface area contributed by atoms with Gasteiger partial charge in [0.1, 0.15) is 0 Å². The van der Waals surface area contributed by atoms with Crippen molar-refractivity contribution >= 4 is 22.8 Å². The molecule has 0 saturated carbocycles. The Hall–Kier alpha value is -1.73. The van der Waals surface area contributed by atoms with Crippen LogP contribution in [-0.2, 0) is 16.5 Å². The zero-order chi connectivity index (χ0) is 24.8. The van der Waals surface area contributed by atoms with Crippen LogP contribution < -0.4 is 0 Å². The Labute approximate surface area is 226 Å². The van der Waals surface area contributed by atoms with Crippen LogP contribution in [0.3, 0.4) is 0 Å². The number of benzene rings is 2. The van der Waals surface area contributed by atoms with E-state index in [0.29, 0.717) is 0 Å². The van der Waals surface area contributed by atoms with Gasteiger partial charge in [-0.15, -0.1) is 0 Å². The third-order valence-electron chi connectivity index (χ3n) is 6.31. The Bertz CT molecular complexity index is 902. The van der Waals surface area contributed by atoms with Crippen molar-refractivity contribution < 1.29 is 16.5 Å². The molecular formula is C32H48N2Ni. The monoisotopic (exact) mass is 518 g/mol. The van der Waals surface area contributed by atoms with Crippen LogP contribution in [0.25, 0.3) is 0 Å². The maximum Gasteiger partial charge on any atom is 0.0639 e. The average molecular weight is 519 g/mol. The second-order valence-corrected chi connectivity index (χ2v) is 10.1. The number of aryl methyl sites for hydroxylation is 4. The molecule has 196 valence electrons. The van der Waals surface area contributed by atoms with Crippen LogP contribution in [-0.4, -0.2) is 11.4 Å². The van der Waals surface area contributed by atoms with E-state index < -0.39 is 0 Å². The van der Waals surface area contributed by atoms with Gasteiger partial charge in [-0.05, 0) is 99.9 Å². The normalized spacial score (nSPS) is 12.1. The predicted molar refractivity (Wildman–Crippen MR) is 153 cm³/mol. The van der Waals surface area contributed by atoms with Crippen molar-refractivity contribution in [2.45, 2.75) is 119 Å². The zero-order valence-electron chi connectivity index (χ0n) is 23.2. The van der Waals surface area contributed by atoms with Crippen molar-refractivity contribution in [3.63, 3.8) is 0 Å². The molecule has 0 radical (unpaired) electrons. The summed E-state index contributed by atoms with van der Waals surface area (Å²) < 4.78 is 0. The number of hydrogen-bond acceptors (Lipinski definition) is 2. The summed E-state index contributed by atoms with van der Waals surface area (Å²) in [6.07, 6.45) is 14.8. The van der Waals surface area contributed by atoms with Gasteiger partial charge in [-0.3, -0.25) is 9.98 Å². The molecule has 0 fully saturated rings. The van der Waals surface area contributed by atoms with Gasteiger partial charge in [-0.2, -0.15) is 0 Å². The summed E-state index contributed by atoms with van der Waals surface area (Å²) in [6, 6.07) is 13.3. The molecule has 0 unspecified atom stereocenters. The van der Waals surface area contributed by atoms with Crippen LogP contribution in [0.1, 0.15) is 113 Å². The van der Waals surface area contributed by atoms with E-state index in [1.165, 1.54) is 97.9 Å². The summed E-state index contributed by atoms with van der Waals surface area (Å²) in [7, 11) is 0. The fourth-order valence-electron chi connectivity index (χ4n) is 4.66. The molecular weight excluding hydrogens is 471 g/mol. The summed E-state index contributed by atoms with van der Waals surface area (Å²) in [5, 5.41) is 0. The van der Waals surface area contributed by atoms with Gasteiger partial charge < -0.3 is 0 Å². The minimum Gasteiger partial charge on any atom is -0.252 e. The van der Waals surface area contributed by atoms with Crippen molar-refractivity contribution in [2.75, 3.05) is 0 Å². The smallest absolute Gasteiger partial charge is 0.0639 e. The fourth-order valence-corrected chi connectivity index (χ4v) is 4.66. The van der Waals surface area contributed by atoms with E-state index in [4.69, 9.17) is 9.98 Å². The van der Waals surface area contributed by atoms with E-state index >= 15 is 0 Å². The van der Waals surface area contributed by atoms with E-state index in [0.717, 1.165) is 24.2 Å². The quantitative estimate of drug-likeness (QED) is 0.127. The first-order valence-electron chi connectivity index (χ1n) is 13.7. The molecule has 0 amide bonds. The molecule has 0 aromatic heterocycles. The van der Waals surface area contributed by atoms with Gasteiger partial charge in [0.2, 0.25) is 0 Å². The van der Waals surface area contributed by atoms with Gasteiger partial charge >= 0.3 is 0 Å². The maximum atomic E-state index is 5.24. The number of hydrogen-bond donors (Lipinski definition) is 0. The van der Waals surface area contributed by atoms with Gasteiger partial charge in [-0.25, -0.2) is 0 Å². The second-order valence-electron chi connectivity index (χ2n) is 10.1. The second kappa shape index (κ2) is 17.7. The van der Waals surface area contributed by atoms with Gasteiger partial charge in [-0.1, -0.05) is 77.3 Å². The summed E-state index contributed by atoms with van der Waals surface area (Å²) >= 11 is 0. The molecule has 35 heavy (non-hydrogen) atoms. The third-order valence-corrected chi connectivity index (χ3v) is 6.31. The number of nitrogens with zero attached hydrogens (tertiary/aromatic N) is 2. The van der Waals surface area contributed by atoms with E-state index in [-0.39, 0.29) is 16.5 Å². The molecule has 0 aliphatic rings. The molecule has 0 saturated heterocycles. The Morgan fingerprint density at radius 3 is 1.17 bits per heavy atom.